The highest BCUT2D eigenvalue weighted by Crippen LogP contribution is 2.58. The number of likely N-dealkylation sites (tertiary alicyclic amines) is 3. The molecule has 0 saturated carbocycles. The van der Waals surface area contributed by atoms with Gasteiger partial charge in [-0.2, -0.15) is 0 Å². The van der Waals surface area contributed by atoms with E-state index < -0.39 is 5.41 Å². The summed E-state index contributed by atoms with van der Waals surface area (Å²) in [6, 6.07) is 3.44. The number of urea groups is 1. The lowest BCUT2D eigenvalue weighted by molar-refractivity contribution is -0.141. The van der Waals surface area contributed by atoms with Crippen LogP contribution in [0.4, 0.5) is 4.79 Å². The monoisotopic (exact) mass is 413 g/mol. The summed E-state index contributed by atoms with van der Waals surface area (Å²) in [5.41, 5.74) is -0.157. The van der Waals surface area contributed by atoms with E-state index in [1.54, 1.807) is 43.5 Å². The van der Waals surface area contributed by atoms with E-state index in [-0.39, 0.29) is 23.3 Å². The van der Waals surface area contributed by atoms with Gasteiger partial charge in [-0.25, -0.2) is 4.79 Å². The van der Waals surface area contributed by atoms with Crippen molar-refractivity contribution >= 4 is 17.8 Å². The van der Waals surface area contributed by atoms with Crippen LogP contribution in [0.25, 0.3) is 0 Å². The summed E-state index contributed by atoms with van der Waals surface area (Å²) >= 11 is 0. The van der Waals surface area contributed by atoms with Crippen LogP contribution in [0.2, 0.25) is 0 Å². The average molecular weight is 414 g/mol. The smallest absolute Gasteiger partial charge is 0.319 e. The quantitative estimate of drug-likeness (QED) is 0.737. The summed E-state index contributed by atoms with van der Waals surface area (Å²) in [4.78, 5) is 50.4. The van der Waals surface area contributed by atoms with Crippen molar-refractivity contribution in [2.24, 2.45) is 10.8 Å². The molecule has 3 fully saturated rings. The summed E-state index contributed by atoms with van der Waals surface area (Å²) in [6.45, 7) is 5.74. The molecule has 1 aromatic heterocycles. The first kappa shape index (κ1) is 20.6. The van der Waals surface area contributed by atoms with Gasteiger partial charge in [0.15, 0.2) is 0 Å². The molecule has 4 heterocycles. The Morgan fingerprint density at radius 2 is 1.70 bits per heavy atom. The molecule has 0 N–H and O–H groups in total. The minimum absolute atomic E-state index is 0.00783. The molecule has 8 heteroatoms. The van der Waals surface area contributed by atoms with Crippen molar-refractivity contribution in [1.29, 1.82) is 0 Å². The largest absolute Gasteiger partial charge is 0.342 e. The van der Waals surface area contributed by atoms with Gasteiger partial charge in [0.2, 0.25) is 5.91 Å². The zero-order valence-corrected chi connectivity index (χ0v) is 18.1. The van der Waals surface area contributed by atoms with E-state index >= 15 is 0 Å². The molecular formula is C22H31N5O3. The van der Waals surface area contributed by atoms with Crippen molar-refractivity contribution in [3.63, 3.8) is 0 Å². The lowest BCUT2D eigenvalue weighted by Gasteiger charge is -2.46. The number of hydrogen-bond acceptors (Lipinski definition) is 4. The zero-order valence-electron chi connectivity index (χ0n) is 18.1. The van der Waals surface area contributed by atoms with Gasteiger partial charge in [-0.3, -0.25) is 14.6 Å². The van der Waals surface area contributed by atoms with Crippen LogP contribution in [0.3, 0.4) is 0 Å². The second kappa shape index (κ2) is 7.56. The van der Waals surface area contributed by atoms with Gasteiger partial charge in [-0.15, -0.1) is 0 Å². The van der Waals surface area contributed by atoms with Gasteiger partial charge in [0.25, 0.3) is 5.91 Å². The van der Waals surface area contributed by atoms with Crippen LogP contribution in [0.5, 0.6) is 0 Å². The molecule has 3 saturated heterocycles. The van der Waals surface area contributed by atoms with Gasteiger partial charge in [0, 0.05) is 76.7 Å². The van der Waals surface area contributed by atoms with Gasteiger partial charge < -0.3 is 19.6 Å². The number of fused-ring (bicyclic) bond motifs is 1. The molecule has 3 aliphatic rings. The molecule has 0 aromatic carbocycles. The second-order valence-corrected chi connectivity index (χ2v) is 9.06. The molecule has 3 aliphatic heterocycles. The lowest BCUT2D eigenvalue weighted by Crippen LogP contribution is -2.53. The Morgan fingerprint density at radius 1 is 1.03 bits per heavy atom. The highest BCUT2D eigenvalue weighted by Gasteiger charge is 2.66. The number of nitrogens with zero attached hydrogens (tertiary/aromatic N) is 5. The number of aromatic nitrogens is 1. The van der Waals surface area contributed by atoms with Crippen molar-refractivity contribution < 1.29 is 14.4 Å². The van der Waals surface area contributed by atoms with Crippen molar-refractivity contribution in [3.05, 3.63) is 30.1 Å². The first-order valence-corrected chi connectivity index (χ1v) is 10.8. The first-order chi connectivity index (χ1) is 14.3. The van der Waals surface area contributed by atoms with Crippen molar-refractivity contribution in [2.75, 3.05) is 53.4 Å². The number of carbonyl (C=O) groups is 3. The predicted octanol–water partition coefficient (Wildman–Crippen LogP) is 1.54. The van der Waals surface area contributed by atoms with E-state index in [0.29, 0.717) is 38.3 Å². The molecule has 30 heavy (non-hydrogen) atoms. The van der Waals surface area contributed by atoms with Crippen LogP contribution in [0.15, 0.2) is 24.5 Å². The van der Waals surface area contributed by atoms with E-state index in [9.17, 15) is 14.4 Å². The molecule has 1 aromatic rings. The van der Waals surface area contributed by atoms with Crippen LogP contribution in [0.1, 0.15) is 36.5 Å². The molecule has 2 spiro atoms. The topological polar surface area (TPSA) is 77.1 Å². The highest BCUT2D eigenvalue weighted by atomic mass is 16.2. The third kappa shape index (κ3) is 3.04. The Morgan fingerprint density at radius 3 is 2.27 bits per heavy atom. The first-order valence-electron chi connectivity index (χ1n) is 10.8. The fourth-order valence-corrected chi connectivity index (χ4v) is 5.71. The Balaban J connectivity index is 1.58. The zero-order chi connectivity index (χ0) is 21.5. The van der Waals surface area contributed by atoms with E-state index in [1.807, 2.05) is 21.6 Å². The molecule has 1 unspecified atom stereocenters. The molecule has 0 bridgehead atoms. The van der Waals surface area contributed by atoms with E-state index in [1.165, 1.54) is 0 Å². The summed E-state index contributed by atoms with van der Waals surface area (Å²) in [6.07, 6.45) is 5.53. The molecule has 162 valence electrons. The van der Waals surface area contributed by atoms with Crippen molar-refractivity contribution in [2.45, 2.75) is 26.2 Å². The summed E-state index contributed by atoms with van der Waals surface area (Å²) in [5, 5.41) is 0. The molecule has 1 atom stereocenters. The summed E-state index contributed by atoms with van der Waals surface area (Å²) in [7, 11) is 3.51. The van der Waals surface area contributed by atoms with Gasteiger partial charge in [-0.1, -0.05) is 0 Å². The maximum Gasteiger partial charge on any atom is 0.319 e. The maximum atomic E-state index is 13.5. The molecule has 0 aliphatic carbocycles. The molecular weight excluding hydrogens is 382 g/mol. The number of piperidine rings is 1. The standard InChI is InChI=1S/C22H31N5O3/c1-4-25-14-9-22(19(25)29)16-27(20(30)24(2)3)15-21(22)7-12-26(13-8-21)18(28)17-5-10-23-11-6-17/h5-6,10-11H,4,7-9,12-16H2,1-3H3. The number of pyridine rings is 1. The van der Waals surface area contributed by atoms with Crippen LogP contribution >= 0.6 is 0 Å². The minimum Gasteiger partial charge on any atom is -0.342 e. The maximum absolute atomic E-state index is 13.5. The predicted molar refractivity (Wildman–Crippen MR) is 112 cm³/mol. The number of rotatable bonds is 2. The second-order valence-electron chi connectivity index (χ2n) is 9.06. The number of amides is 4. The van der Waals surface area contributed by atoms with E-state index in [4.69, 9.17) is 0 Å². The number of carbonyl (C=O) groups excluding carboxylic acids is 3. The van der Waals surface area contributed by atoms with Gasteiger partial charge in [-0.05, 0) is 38.3 Å². The highest BCUT2D eigenvalue weighted by molar-refractivity contribution is 5.94. The van der Waals surface area contributed by atoms with Crippen LogP contribution in [-0.2, 0) is 4.79 Å². The Labute approximate surface area is 177 Å². The number of hydrogen-bond donors (Lipinski definition) is 0. The molecule has 4 amide bonds. The normalized spacial score (nSPS) is 25.4. The van der Waals surface area contributed by atoms with Crippen LogP contribution in [-0.4, -0.2) is 95.8 Å². The van der Waals surface area contributed by atoms with Gasteiger partial charge >= 0.3 is 6.03 Å². The lowest BCUT2D eigenvalue weighted by atomic mass is 9.60. The summed E-state index contributed by atoms with van der Waals surface area (Å²) < 4.78 is 0. The molecule has 4 rings (SSSR count). The van der Waals surface area contributed by atoms with Crippen molar-refractivity contribution in [1.82, 2.24) is 24.6 Å². The van der Waals surface area contributed by atoms with E-state index in [0.717, 1.165) is 25.8 Å². The Hall–Kier alpha value is -2.64. The SMILES string of the molecule is CCN1CCC2(CN(C(=O)N(C)C)CC23CCN(C(=O)c2ccncc2)CC3)C1=O. The fraction of sp³-hybridized carbons (Fsp3) is 0.636. The van der Waals surface area contributed by atoms with Crippen molar-refractivity contribution in [3.8, 4) is 0 Å². The Kier molecular flexibility index (Phi) is 5.20. The third-order valence-corrected chi connectivity index (χ3v) is 7.44. The minimum atomic E-state index is -0.527. The van der Waals surface area contributed by atoms with Crippen LogP contribution < -0.4 is 0 Å². The van der Waals surface area contributed by atoms with Crippen LogP contribution in [0, 0.1) is 10.8 Å². The third-order valence-electron chi connectivity index (χ3n) is 7.44. The van der Waals surface area contributed by atoms with Gasteiger partial charge in [0.1, 0.15) is 0 Å². The fourth-order valence-electron chi connectivity index (χ4n) is 5.71. The van der Waals surface area contributed by atoms with Gasteiger partial charge in [0.05, 0.1) is 5.41 Å². The summed E-state index contributed by atoms with van der Waals surface area (Å²) in [5.74, 6) is 0.196. The average Bonchev–Trinajstić information content (AvgIpc) is 3.26. The van der Waals surface area contributed by atoms with E-state index in [2.05, 4.69) is 4.98 Å². The Bertz CT molecular complexity index is 834. The molecule has 0 radical (unpaired) electrons. The molecule has 8 nitrogen and oxygen atoms in total.